The third-order valence-corrected chi connectivity index (χ3v) is 4.49. The van der Waals surface area contributed by atoms with Gasteiger partial charge < -0.3 is 10.1 Å². The first-order valence-electron chi connectivity index (χ1n) is 9.11. The maximum Gasteiger partial charge on any atom is 0.220 e. The number of carbonyl (C=O) groups is 1. The van der Waals surface area contributed by atoms with Crippen LogP contribution in [0.25, 0.3) is 0 Å². The number of amides is 1. The molecule has 0 aromatic heterocycles. The summed E-state index contributed by atoms with van der Waals surface area (Å²) in [5.74, 6) is 0.774. The molecule has 2 rings (SSSR count). The highest BCUT2D eigenvalue weighted by Gasteiger charge is 2.21. The lowest BCUT2D eigenvalue weighted by Crippen LogP contribution is -2.48. The molecule has 1 amide bonds. The zero-order valence-corrected chi connectivity index (χ0v) is 15.6. The van der Waals surface area contributed by atoms with Gasteiger partial charge in [-0.15, -0.1) is 0 Å². The van der Waals surface area contributed by atoms with E-state index >= 15 is 0 Å². The van der Waals surface area contributed by atoms with E-state index in [2.05, 4.69) is 56.1 Å². The molecule has 1 aromatic rings. The number of aryl methyl sites for hydroxylation is 3. The van der Waals surface area contributed by atoms with Crippen molar-refractivity contribution in [2.24, 2.45) is 5.92 Å². The normalized spacial score (nSPS) is 18.8. The molecule has 4 nitrogen and oxygen atoms in total. The second-order valence-electron chi connectivity index (χ2n) is 7.38. The van der Waals surface area contributed by atoms with Crippen molar-refractivity contribution in [1.82, 2.24) is 10.2 Å². The molecule has 1 atom stereocenters. The monoisotopic (exact) mass is 332 g/mol. The van der Waals surface area contributed by atoms with Gasteiger partial charge in [0.15, 0.2) is 0 Å². The summed E-state index contributed by atoms with van der Waals surface area (Å²) >= 11 is 0. The molecular weight excluding hydrogens is 300 g/mol. The summed E-state index contributed by atoms with van der Waals surface area (Å²) in [5.41, 5.74) is 3.79. The number of morpholine rings is 1. The van der Waals surface area contributed by atoms with Crippen molar-refractivity contribution in [3.63, 3.8) is 0 Å². The van der Waals surface area contributed by atoms with Crippen LogP contribution in [0.2, 0.25) is 0 Å². The fraction of sp³-hybridized carbons (Fsp3) is 0.650. The second-order valence-corrected chi connectivity index (χ2v) is 7.38. The molecule has 1 saturated heterocycles. The molecule has 24 heavy (non-hydrogen) atoms. The van der Waals surface area contributed by atoms with Gasteiger partial charge in [0.05, 0.1) is 12.7 Å². The molecule has 0 saturated carbocycles. The van der Waals surface area contributed by atoms with Crippen molar-refractivity contribution in [2.75, 3.05) is 32.8 Å². The summed E-state index contributed by atoms with van der Waals surface area (Å²) in [7, 11) is 0. The van der Waals surface area contributed by atoms with Crippen molar-refractivity contribution in [3.05, 3.63) is 34.9 Å². The Balaban J connectivity index is 1.71. The van der Waals surface area contributed by atoms with E-state index in [9.17, 15) is 4.79 Å². The van der Waals surface area contributed by atoms with Gasteiger partial charge in [0.25, 0.3) is 0 Å². The second kappa shape index (κ2) is 9.19. The number of carbonyl (C=O) groups excluding carboxylic acids is 1. The van der Waals surface area contributed by atoms with Crippen LogP contribution in [0.5, 0.6) is 0 Å². The van der Waals surface area contributed by atoms with Crippen molar-refractivity contribution in [3.8, 4) is 0 Å². The van der Waals surface area contributed by atoms with Crippen LogP contribution >= 0.6 is 0 Å². The van der Waals surface area contributed by atoms with Crippen LogP contribution in [-0.2, 0) is 16.0 Å². The highest BCUT2D eigenvalue weighted by Crippen LogP contribution is 2.12. The van der Waals surface area contributed by atoms with Crippen molar-refractivity contribution >= 4 is 5.91 Å². The van der Waals surface area contributed by atoms with Crippen molar-refractivity contribution in [1.29, 1.82) is 0 Å². The lowest BCUT2D eigenvalue weighted by Gasteiger charge is -2.33. The molecule has 1 fully saturated rings. The molecule has 0 unspecified atom stereocenters. The summed E-state index contributed by atoms with van der Waals surface area (Å²) in [5, 5.41) is 3.04. The van der Waals surface area contributed by atoms with Gasteiger partial charge in [-0.05, 0) is 37.3 Å². The minimum atomic E-state index is 0.111. The van der Waals surface area contributed by atoms with Gasteiger partial charge in [0.2, 0.25) is 5.91 Å². The smallest absolute Gasteiger partial charge is 0.220 e. The van der Waals surface area contributed by atoms with E-state index < -0.39 is 0 Å². The molecule has 0 spiro atoms. The molecule has 1 N–H and O–H groups in total. The van der Waals surface area contributed by atoms with Gasteiger partial charge in [0, 0.05) is 32.6 Å². The highest BCUT2D eigenvalue weighted by atomic mass is 16.5. The first-order chi connectivity index (χ1) is 11.4. The summed E-state index contributed by atoms with van der Waals surface area (Å²) < 4.78 is 5.78. The number of nitrogens with one attached hydrogen (secondary N) is 1. The predicted octanol–water partition coefficient (Wildman–Crippen LogP) is 2.71. The lowest BCUT2D eigenvalue weighted by atomic mass is 10.0. The number of ether oxygens (including phenoxy) is 1. The van der Waals surface area contributed by atoms with Crippen LogP contribution in [0, 0.1) is 19.8 Å². The lowest BCUT2D eigenvalue weighted by molar-refractivity contribution is -0.122. The first-order valence-corrected chi connectivity index (χ1v) is 9.11. The van der Waals surface area contributed by atoms with Gasteiger partial charge in [-0.2, -0.15) is 0 Å². The Labute approximate surface area is 146 Å². The van der Waals surface area contributed by atoms with E-state index in [1.54, 1.807) is 0 Å². The minimum Gasteiger partial charge on any atom is -0.374 e. The number of benzene rings is 1. The largest absolute Gasteiger partial charge is 0.374 e. The molecule has 1 heterocycles. The SMILES string of the molecule is Cc1ccc(CCC(=O)NC[C@@H]2CN(CC(C)C)CCO2)c(C)c1. The third-order valence-electron chi connectivity index (χ3n) is 4.49. The zero-order valence-electron chi connectivity index (χ0n) is 15.6. The van der Waals surface area contributed by atoms with E-state index in [4.69, 9.17) is 4.74 Å². The van der Waals surface area contributed by atoms with Gasteiger partial charge in [0.1, 0.15) is 0 Å². The fourth-order valence-corrected chi connectivity index (χ4v) is 3.28. The Hall–Kier alpha value is -1.39. The summed E-state index contributed by atoms with van der Waals surface area (Å²) in [6, 6.07) is 6.41. The summed E-state index contributed by atoms with van der Waals surface area (Å²) in [6.07, 6.45) is 1.44. The number of nitrogens with zero attached hydrogens (tertiary/aromatic N) is 1. The van der Waals surface area contributed by atoms with Crippen LogP contribution in [-0.4, -0.2) is 49.7 Å². The van der Waals surface area contributed by atoms with E-state index in [1.807, 2.05) is 0 Å². The highest BCUT2D eigenvalue weighted by molar-refractivity contribution is 5.76. The molecule has 0 bridgehead atoms. The van der Waals surface area contributed by atoms with Crippen LogP contribution in [0.4, 0.5) is 0 Å². The Morgan fingerprint density at radius 1 is 1.38 bits per heavy atom. The van der Waals surface area contributed by atoms with Crippen LogP contribution in [0.3, 0.4) is 0 Å². The molecular formula is C20H32N2O2. The number of hydrogen-bond acceptors (Lipinski definition) is 3. The van der Waals surface area contributed by atoms with Gasteiger partial charge in [-0.1, -0.05) is 37.6 Å². The Morgan fingerprint density at radius 2 is 2.17 bits per heavy atom. The molecule has 1 aliphatic heterocycles. The Kier molecular flexibility index (Phi) is 7.25. The summed E-state index contributed by atoms with van der Waals surface area (Å²) in [6.45, 7) is 13.1. The number of rotatable bonds is 7. The topological polar surface area (TPSA) is 41.6 Å². The average Bonchev–Trinajstić information content (AvgIpc) is 2.52. The van der Waals surface area contributed by atoms with E-state index in [1.165, 1.54) is 16.7 Å². The average molecular weight is 332 g/mol. The van der Waals surface area contributed by atoms with Crippen LogP contribution in [0.1, 0.15) is 37.0 Å². The van der Waals surface area contributed by atoms with Gasteiger partial charge in [-0.3, -0.25) is 9.69 Å². The van der Waals surface area contributed by atoms with Gasteiger partial charge in [-0.25, -0.2) is 0 Å². The quantitative estimate of drug-likeness (QED) is 0.835. The van der Waals surface area contributed by atoms with E-state index in [0.29, 0.717) is 18.9 Å². The Bertz CT molecular complexity index is 542. The maximum absolute atomic E-state index is 12.1. The molecule has 0 radical (unpaired) electrons. The molecule has 0 aliphatic carbocycles. The molecule has 1 aromatic carbocycles. The zero-order chi connectivity index (χ0) is 17.5. The van der Waals surface area contributed by atoms with Crippen LogP contribution < -0.4 is 5.32 Å². The maximum atomic E-state index is 12.1. The van der Waals surface area contributed by atoms with E-state index in [0.717, 1.165) is 32.7 Å². The Morgan fingerprint density at radius 3 is 2.88 bits per heavy atom. The molecule has 1 aliphatic rings. The van der Waals surface area contributed by atoms with Gasteiger partial charge >= 0.3 is 0 Å². The van der Waals surface area contributed by atoms with Crippen molar-refractivity contribution in [2.45, 2.75) is 46.6 Å². The standard InChI is InChI=1S/C20H32N2O2/c1-15(2)13-22-9-10-24-19(14-22)12-21-20(23)8-7-18-6-5-16(3)11-17(18)4/h5-6,11,15,19H,7-10,12-14H2,1-4H3,(H,21,23)/t19-/m1/s1. The molecule has 134 valence electrons. The minimum absolute atomic E-state index is 0.111. The molecule has 4 heteroatoms. The van der Waals surface area contributed by atoms with Crippen molar-refractivity contribution < 1.29 is 9.53 Å². The van der Waals surface area contributed by atoms with Crippen LogP contribution in [0.15, 0.2) is 18.2 Å². The first kappa shape index (κ1) is 18.9. The number of hydrogen-bond donors (Lipinski definition) is 1. The third kappa shape index (κ3) is 6.25. The summed E-state index contributed by atoms with van der Waals surface area (Å²) in [4.78, 5) is 14.5. The van der Waals surface area contributed by atoms with E-state index in [-0.39, 0.29) is 12.0 Å². The fourth-order valence-electron chi connectivity index (χ4n) is 3.28. The predicted molar refractivity (Wildman–Crippen MR) is 98.3 cm³/mol.